The molecule has 1 aromatic rings. The molecule has 0 spiro atoms. The van der Waals surface area contributed by atoms with Crippen LogP contribution in [0.3, 0.4) is 0 Å². The minimum atomic E-state index is 0.694. The van der Waals surface area contributed by atoms with Gasteiger partial charge in [0.15, 0.2) is 0 Å². The highest BCUT2D eigenvalue weighted by atomic mass is 15.3. The number of nitrogens with zero attached hydrogens (tertiary/aromatic N) is 1. The zero-order chi connectivity index (χ0) is 9.71. The van der Waals surface area contributed by atoms with Crippen LogP contribution in [0.25, 0.3) is 0 Å². The molecular formula is C13H17N. The number of hydrogen-bond donors (Lipinski definition) is 0. The summed E-state index contributed by atoms with van der Waals surface area (Å²) in [6.07, 6.45) is 2.60. The topological polar surface area (TPSA) is 3.24 Å². The molecule has 0 radical (unpaired) electrons. The average Bonchev–Trinajstić information content (AvgIpc) is 2.47. The first-order valence-electron chi connectivity index (χ1n) is 5.69. The van der Waals surface area contributed by atoms with Crippen LogP contribution in [0.5, 0.6) is 0 Å². The van der Waals surface area contributed by atoms with E-state index in [2.05, 4.69) is 43.0 Å². The molecule has 1 fully saturated rings. The Balaban J connectivity index is 2.07. The molecule has 1 nitrogen and oxygen atoms in total. The number of benzene rings is 1. The maximum Gasteiger partial charge on any atom is 0.0375 e. The van der Waals surface area contributed by atoms with E-state index >= 15 is 0 Å². The summed E-state index contributed by atoms with van der Waals surface area (Å²) in [6.45, 7) is 4.65. The third-order valence-electron chi connectivity index (χ3n) is 3.89. The van der Waals surface area contributed by atoms with Crippen LogP contribution in [0.1, 0.15) is 49.9 Å². The van der Waals surface area contributed by atoms with E-state index in [-0.39, 0.29) is 0 Å². The van der Waals surface area contributed by atoms with Crippen LogP contribution in [0.2, 0.25) is 0 Å². The lowest BCUT2D eigenvalue weighted by atomic mass is 9.92. The monoisotopic (exact) mass is 187 g/mol. The highest BCUT2D eigenvalue weighted by Gasteiger charge is 2.46. The Kier molecular flexibility index (Phi) is 1.72. The molecule has 0 aliphatic carbocycles. The van der Waals surface area contributed by atoms with Crippen molar-refractivity contribution in [3.63, 3.8) is 0 Å². The van der Waals surface area contributed by atoms with Crippen LogP contribution in [0.4, 0.5) is 0 Å². The molecule has 3 atom stereocenters. The van der Waals surface area contributed by atoms with Crippen molar-refractivity contribution < 1.29 is 0 Å². The van der Waals surface area contributed by atoms with Gasteiger partial charge in [-0.25, -0.2) is 0 Å². The Hall–Kier alpha value is -0.820. The molecule has 2 heterocycles. The van der Waals surface area contributed by atoms with E-state index in [0.29, 0.717) is 6.04 Å². The van der Waals surface area contributed by atoms with Crippen LogP contribution < -0.4 is 0 Å². The molecule has 0 N–H and O–H groups in total. The van der Waals surface area contributed by atoms with Crippen molar-refractivity contribution in [3.05, 3.63) is 35.4 Å². The fourth-order valence-corrected chi connectivity index (χ4v) is 3.26. The predicted molar refractivity (Wildman–Crippen MR) is 58.1 cm³/mol. The highest BCUT2D eigenvalue weighted by Crippen LogP contribution is 2.53. The van der Waals surface area contributed by atoms with Gasteiger partial charge in [-0.15, -0.1) is 0 Å². The molecular weight excluding hydrogens is 170 g/mol. The molecule has 0 amide bonds. The third kappa shape index (κ3) is 0.885. The maximum atomic E-state index is 2.69. The summed E-state index contributed by atoms with van der Waals surface area (Å²) in [7, 11) is 0. The van der Waals surface area contributed by atoms with Gasteiger partial charge >= 0.3 is 0 Å². The van der Waals surface area contributed by atoms with Crippen LogP contribution in [-0.2, 0) is 0 Å². The molecule has 1 aromatic carbocycles. The van der Waals surface area contributed by atoms with Crippen molar-refractivity contribution in [2.24, 2.45) is 0 Å². The van der Waals surface area contributed by atoms with Crippen LogP contribution in [-0.4, -0.2) is 10.9 Å². The largest absolute Gasteiger partial charge is 0.287 e. The lowest BCUT2D eigenvalue weighted by Gasteiger charge is -2.46. The van der Waals surface area contributed by atoms with Crippen molar-refractivity contribution in [2.75, 3.05) is 0 Å². The van der Waals surface area contributed by atoms with Crippen molar-refractivity contribution in [2.45, 2.75) is 44.8 Å². The Morgan fingerprint density at radius 1 is 1.29 bits per heavy atom. The van der Waals surface area contributed by atoms with Gasteiger partial charge in [-0.3, -0.25) is 4.90 Å². The van der Waals surface area contributed by atoms with Crippen LogP contribution >= 0.6 is 0 Å². The standard InChI is InChI=1S/C13H17N/c1-3-12-10-6-4-5-7-11(10)13-8-9(2)14(12)13/h4-7,9,12-13H,3,8H2,1-2H3/t9-,12?,13?/m0/s1. The molecule has 0 bridgehead atoms. The first-order valence-corrected chi connectivity index (χ1v) is 5.69. The summed E-state index contributed by atoms with van der Waals surface area (Å²) in [5.74, 6) is 0. The van der Waals surface area contributed by atoms with Crippen molar-refractivity contribution in [1.29, 1.82) is 0 Å². The molecule has 1 saturated heterocycles. The molecule has 14 heavy (non-hydrogen) atoms. The molecule has 0 saturated carbocycles. The average molecular weight is 187 g/mol. The third-order valence-corrected chi connectivity index (χ3v) is 3.89. The second-order valence-corrected chi connectivity index (χ2v) is 4.60. The van der Waals surface area contributed by atoms with Gasteiger partial charge in [0.25, 0.3) is 0 Å². The first-order chi connectivity index (χ1) is 6.83. The summed E-state index contributed by atoms with van der Waals surface area (Å²) >= 11 is 0. The van der Waals surface area contributed by atoms with Gasteiger partial charge in [0, 0.05) is 18.1 Å². The van der Waals surface area contributed by atoms with Gasteiger partial charge in [0.2, 0.25) is 0 Å². The van der Waals surface area contributed by atoms with E-state index in [0.717, 1.165) is 12.1 Å². The smallest absolute Gasteiger partial charge is 0.0375 e. The second kappa shape index (κ2) is 2.83. The quantitative estimate of drug-likeness (QED) is 0.652. The maximum absolute atomic E-state index is 2.69. The van der Waals surface area contributed by atoms with Crippen molar-refractivity contribution >= 4 is 0 Å². The lowest BCUT2D eigenvalue weighted by molar-refractivity contribution is 0.00114. The summed E-state index contributed by atoms with van der Waals surface area (Å²) in [6, 6.07) is 11.2. The van der Waals surface area contributed by atoms with Gasteiger partial charge < -0.3 is 0 Å². The molecule has 74 valence electrons. The SMILES string of the molecule is CCC1c2ccccc2C2C[C@H](C)N12. The van der Waals surface area contributed by atoms with Crippen molar-refractivity contribution in [3.8, 4) is 0 Å². The zero-order valence-electron chi connectivity index (χ0n) is 8.90. The fourth-order valence-electron chi connectivity index (χ4n) is 3.26. The first kappa shape index (κ1) is 8.49. The number of hydrogen-bond acceptors (Lipinski definition) is 1. The fraction of sp³-hybridized carbons (Fsp3) is 0.538. The second-order valence-electron chi connectivity index (χ2n) is 4.60. The highest BCUT2D eigenvalue weighted by molar-refractivity contribution is 5.40. The van der Waals surface area contributed by atoms with Gasteiger partial charge in [-0.05, 0) is 30.9 Å². The van der Waals surface area contributed by atoms with Gasteiger partial charge in [-0.1, -0.05) is 31.2 Å². The molecule has 2 aliphatic rings. The Morgan fingerprint density at radius 3 is 2.64 bits per heavy atom. The molecule has 1 heteroatoms. The van der Waals surface area contributed by atoms with E-state index in [9.17, 15) is 0 Å². The molecule has 3 rings (SSSR count). The van der Waals surface area contributed by atoms with Gasteiger partial charge in [-0.2, -0.15) is 0 Å². The van der Waals surface area contributed by atoms with E-state index in [4.69, 9.17) is 0 Å². The van der Waals surface area contributed by atoms with E-state index < -0.39 is 0 Å². The van der Waals surface area contributed by atoms with E-state index in [1.54, 1.807) is 11.1 Å². The van der Waals surface area contributed by atoms with Crippen molar-refractivity contribution in [1.82, 2.24) is 4.90 Å². The van der Waals surface area contributed by atoms with E-state index in [1.165, 1.54) is 12.8 Å². The summed E-state index contributed by atoms with van der Waals surface area (Å²) in [5, 5.41) is 0. The predicted octanol–water partition coefficient (Wildman–Crippen LogP) is 3.29. The van der Waals surface area contributed by atoms with Gasteiger partial charge in [0.1, 0.15) is 0 Å². The van der Waals surface area contributed by atoms with Gasteiger partial charge in [0.05, 0.1) is 0 Å². The summed E-state index contributed by atoms with van der Waals surface area (Å²) < 4.78 is 0. The Morgan fingerprint density at radius 2 is 2.00 bits per heavy atom. The lowest BCUT2D eigenvalue weighted by Crippen LogP contribution is -2.45. The minimum Gasteiger partial charge on any atom is -0.287 e. The van der Waals surface area contributed by atoms with Crippen LogP contribution in [0.15, 0.2) is 24.3 Å². The summed E-state index contributed by atoms with van der Waals surface area (Å²) in [4.78, 5) is 2.69. The molecule has 2 aliphatic heterocycles. The number of rotatable bonds is 1. The Labute approximate surface area is 85.7 Å². The minimum absolute atomic E-state index is 0.694. The van der Waals surface area contributed by atoms with E-state index in [1.807, 2.05) is 0 Å². The molecule has 2 unspecified atom stereocenters. The number of fused-ring (bicyclic) bond motifs is 3. The Bertz CT molecular complexity index is 358. The van der Waals surface area contributed by atoms with Crippen LogP contribution in [0, 0.1) is 0 Å². The summed E-state index contributed by atoms with van der Waals surface area (Å²) in [5.41, 5.74) is 3.18. The zero-order valence-corrected chi connectivity index (χ0v) is 8.90. The normalized spacial score (nSPS) is 34.9. The molecule has 0 aromatic heterocycles.